The lowest BCUT2D eigenvalue weighted by molar-refractivity contribution is -0.126. The van der Waals surface area contributed by atoms with Gasteiger partial charge in [-0.05, 0) is 82.9 Å². The van der Waals surface area contributed by atoms with Gasteiger partial charge < -0.3 is 24.8 Å². The van der Waals surface area contributed by atoms with Gasteiger partial charge in [-0.2, -0.15) is 0 Å². The summed E-state index contributed by atoms with van der Waals surface area (Å²) in [5.74, 6) is 0.952. The van der Waals surface area contributed by atoms with Crippen molar-refractivity contribution in [2.45, 2.75) is 71.4 Å². The first-order valence-electron chi connectivity index (χ1n) is 12.3. The zero-order valence-corrected chi connectivity index (χ0v) is 20.9. The molecule has 1 aromatic rings. The highest BCUT2D eigenvalue weighted by Crippen LogP contribution is 2.31. The largest absolute Gasteiger partial charge is 0.477 e. The topological polar surface area (TPSA) is 101 Å². The lowest BCUT2D eigenvalue weighted by Gasteiger charge is -2.33. The third-order valence-corrected chi connectivity index (χ3v) is 6.28. The van der Waals surface area contributed by atoms with Crippen LogP contribution in [0, 0.1) is 11.8 Å². The van der Waals surface area contributed by atoms with Crippen LogP contribution in [0.15, 0.2) is 24.4 Å². The van der Waals surface area contributed by atoms with E-state index in [1.54, 1.807) is 11.8 Å². The van der Waals surface area contributed by atoms with Crippen LogP contribution >= 0.6 is 0 Å². The Morgan fingerprint density at radius 1 is 1.24 bits per heavy atom. The Labute approximate surface area is 202 Å². The van der Waals surface area contributed by atoms with E-state index < -0.39 is 5.60 Å². The summed E-state index contributed by atoms with van der Waals surface area (Å²) < 4.78 is 11.4. The van der Waals surface area contributed by atoms with E-state index in [1.807, 2.05) is 39.1 Å². The molecule has 2 amide bonds. The number of aromatic nitrogens is 1. The number of rotatable bonds is 7. The molecule has 3 rings (SSSR count). The first-order chi connectivity index (χ1) is 16.1. The molecular formula is C26H39N3O5. The molecule has 0 radical (unpaired) electrons. The Morgan fingerprint density at radius 2 is 1.97 bits per heavy atom. The van der Waals surface area contributed by atoms with E-state index in [1.165, 1.54) is 5.57 Å². The average molecular weight is 474 g/mol. The highest BCUT2D eigenvalue weighted by Gasteiger charge is 2.27. The molecule has 2 N–H and O–H groups in total. The summed E-state index contributed by atoms with van der Waals surface area (Å²) in [5, 5.41) is 12.0. The first-order valence-corrected chi connectivity index (χ1v) is 12.3. The summed E-state index contributed by atoms with van der Waals surface area (Å²) in [7, 11) is 0. The second kappa shape index (κ2) is 11.7. The molecule has 34 heavy (non-hydrogen) atoms. The number of carbonyl (C=O) groups is 2. The smallest absolute Gasteiger partial charge is 0.410 e. The average Bonchev–Trinajstić information content (AvgIpc) is 2.82. The summed E-state index contributed by atoms with van der Waals surface area (Å²) in [4.78, 5) is 30.7. The number of hydrogen-bond donors (Lipinski definition) is 2. The van der Waals surface area contributed by atoms with Gasteiger partial charge in [-0.25, -0.2) is 9.78 Å². The van der Waals surface area contributed by atoms with Crippen LogP contribution in [0.2, 0.25) is 0 Å². The minimum Gasteiger partial charge on any atom is -0.477 e. The minimum atomic E-state index is -0.474. The molecule has 0 aromatic carbocycles. The number of amides is 2. The second-order valence-electron chi connectivity index (χ2n) is 10.4. The number of carbonyl (C=O) groups excluding carboxylic acids is 2. The van der Waals surface area contributed by atoms with Crippen LogP contribution in [0.25, 0.3) is 5.57 Å². The summed E-state index contributed by atoms with van der Waals surface area (Å²) >= 11 is 0. The van der Waals surface area contributed by atoms with Crippen molar-refractivity contribution in [3.8, 4) is 5.88 Å². The van der Waals surface area contributed by atoms with Crippen molar-refractivity contribution in [3.05, 3.63) is 30.0 Å². The molecule has 8 heteroatoms. The zero-order chi connectivity index (χ0) is 24.7. The van der Waals surface area contributed by atoms with E-state index in [2.05, 4.69) is 16.4 Å². The number of aliphatic hydroxyl groups excluding tert-OH is 1. The van der Waals surface area contributed by atoms with Crippen molar-refractivity contribution in [1.82, 2.24) is 15.2 Å². The van der Waals surface area contributed by atoms with Crippen molar-refractivity contribution < 1.29 is 24.2 Å². The Bertz CT molecular complexity index is 854. The molecule has 1 unspecified atom stereocenters. The fourth-order valence-corrected chi connectivity index (χ4v) is 4.21. The standard InChI is InChI=1S/C26H39N3O5/c1-18(16-30)28-24(31)21-7-5-20(6-8-21)22-9-10-23(27-15-22)33-17-19-11-13-29(14-12-19)25(32)34-26(2,3)4/h5,9-10,15,18-19,21,30H,6-8,11-14,16-17H2,1-4H3,(H,28,31)/t18-,21?/m1/s1. The maximum Gasteiger partial charge on any atom is 0.410 e. The SMILES string of the molecule is C[C@H](CO)NC(=O)C1CC=C(c2ccc(OCC3CCN(C(=O)OC(C)(C)C)CC3)nc2)CC1. The van der Waals surface area contributed by atoms with Gasteiger partial charge in [0, 0.05) is 37.3 Å². The van der Waals surface area contributed by atoms with Crippen LogP contribution in [0.4, 0.5) is 4.79 Å². The van der Waals surface area contributed by atoms with E-state index in [4.69, 9.17) is 14.6 Å². The number of pyridine rings is 1. The third-order valence-electron chi connectivity index (χ3n) is 6.28. The number of nitrogens with one attached hydrogen (secondary N) is 1. The van der Waals surface area contributed by atoms with E-state index in [9.17, 15) is 9.59 Å². The van der Waals surface area contributed by atoms with Crippen molar-refractivity contribution in [3.63, 3.8) is 0 Å². The Balaban J connectivity index is 1.42. The van der Waals surface area contributed by atoms with Gasteiger partial charge in [0.15, 0.2) is 0 Å². The Morgan fingerprint density at radius 3 is 2.53 bits per heavy atom. The van der Waals surface area contributed by atoms with Crippen LogP contribution in [0.3, 0.4) is 0 Å². The van der Waals surface area contributed by atoms with Crippen LogP contribution < -0.4 is 10.1 Å². The summed E-state index contributed by atoms with van der Waals surface area (Å²) in [5.41, 5.74) is 1.78. The zero-order valence-electron chi connectivity index (χ0n) is 20.9. The van der Waals surface area contributed by atoms with E-state index in [-0.39, 0.29) is 30.6 Å². The van der Waals surface area contributed by atoms with Gasteiger partial charge >= 0.3 is 6.09 Å². The molecule has 0 saturated carbocycles. The number of allylic oxidation sites excluding steroid dienone is 2. The minimum absolute atomic E-state index is 0.00986. The highest BCUT2D eigenvalue weighted by molar-refractivity contribution is 5.80. The molecule has 0 bridgehead atoms. The third kappa shape index (κ3) is 7.72. The molecule has 1 aliphatic heterocycles. The number of piperidine rings is 1. The molecule has 188 valence electrons. The fraction of sp³-hybridized carbons (Fsp3) is 0.654. The summed E-state index contributed by atoms with van der Waals surface area (Å²) in [6, 6.07) is 3.70. The highest BCUT2D eigenvalue weighted by atomic mass is 16.6. The van der Waals surface area contributed by atoms with Crippen molar-refractivity contribution in [1.29, 1.82) is 0 Å². The number of hydrogen-bond acceptors (Lipinski definition) is 6. The quantitative estimate of drug-likeness (QED) is 0.625. The fourth-order valence-electron chi connectivity index (χ4n) is 4.21. The Kier molecular flexibility index (Phi) is 8.94. The lowest BCUT2D eigenvalue weighted by Crippen LogP contribution is -2.42. The van der Waals surface area contributed by atoms with Gasteiger partial charge in [0.05, 0.1) is 13.2 Å². The summed E-state index contributed by atoms with van der Waals surface area (Å²) in [6.07, 6.45) is 7.78. The molecule has 1 aromatic heterocycles. The van der Waals surface area contributed by atoms with Crippen molar-refractivity contribution in [2.24, 2.45) is 11.8 Å². The molecule has 2 heterocycles. The maximum absolute atomic E-state index is 12.3. The number of aliphatic hydroxyl groups is 1. The van der Waals surface area contributed by atoms with Gasteiger partial charge in [-0.3, -0.25) is 4.79 Å². The van der Waals surface area contributed by atoms with Crippen LogP contribution in [0.1, 0.15) is 65.4 Å². The van der Waals surface area contributed by atoms with Crippen LogP contribution in [0.5, 0.6) is 5.88 Å². The molecule has 2 atom stereocenters. The normalized spacial score (nSPS) is 20.3. The summed E-state index contributed by atoms with van der Waals surface area (Å²) in [6.45, 7) is 9.33. The van der Waals surface area contributed by atoms with Crippen LogP contribution in [-0.4, -0.2) is 64.9 Å². The molecular weight excluding hydrogens is 434 g/mol. The molecule has 0 spiro atoms. The number of nitrogens with zero attached hydrogens (tertiary/aromatic N) is 2. The van der Waals surface area contributed by atoms with E-state index in [0.717, 1.165) is 31.2 Å². The Hall–Kier alpha value is -2.61. The molecule has 1 fully saturated rings. The van der Waals surface area contributed by atoms with Gasteiger partial charge in [0.1, 0.15) is 5.60 Å². The predicted octanol–water partition coefficient (Wildman–Crippen LogP) is 3.79. The molecule has 2 aliphatic rings. The molecule has 1 saturated heterocycles. The molecule has 8 nitrogen and oxygen atoms in total. The number of likely N-dealkylation sites (tertiary alicyclic amines) is 1. The number of ether oxygens (including phenoxy) is 2. The van der Waals surface area contributed by atoms with Gasteiger partial charge in [-0.1, -0.05) is 6.08 Å². The lowest BCUT2D eigenvalue weighted by atomic mass is 9.86. The van der Waals surface area contributed by atoms with Gasteiger partial charge in [0.25, 0.3) is 0 Å². The molecule has 1 aliphatic carbocycles. The van der Waals surface area contributed by atoms with Crippen molar-refractivity contribution >= 4 is 17.6 Å². The van der Waals surface area contributed by atoms with E-state index in [0.29, 0.717) is 37.9 Å². The second-order valence-corrected chi connectivity index (χ2v) is 10.4. The first kappa shape index (κ1) is 26.0. The monoisotopic (exact) mass is 473 g/mol. The van der Waals surface area contributed by atoms with Gasteiger partial charge in [-0.15, -0.1) is 0 Å². The maximum atomic E-state index is 12.3. The predicted molar refractivity (Wildman–Crippen MR) is 130 cm³/mol. The van der Waals surface area contributed by atoms with Gasteiger partial charge in [0.2, 0.25) is 11.8 Å². The van der Waals surface area contributed by atoms with E-state index >= 15 is 0 Å². The van der Waals surface area contributed by atoms with Crippen molar-refractivity contribution in [2.75, 3.05) is 26.3 Å². The van der Waals surface area contributed by atoms with Crippen LogP contribution in [-0.2, 0) is 9.53 Å².